The smallest absolute Gasteiger partial charge is 0.213 e. The van der Waals surface area contributed by atoms with Crippen molar-refractivity contribution in [3.63, 3.8) is 0 Å². The summed E-state index contributed by atoms with van der Waals surface area (Å²) in [7, 11) is -1.25. The molecular formula is C16H32N4O3S. The van der Waals surface area contributed by atoms with Crippen LogP contribution in [0.3, 0.4) is 0 Å². The molecule has 140 valence electrons. The van der Waals surface area contributed by atoms with E-state index in [9.17, 15) is 8.42 Å². The van der Waals surface area contributed by atoms with Crippen LogP contribution in [0.4, 0.5) is 0 Å². The van der Waals surface area contributed by atoms with Gasteiger partial charge in [0, 0.05) is 39.2 Å². The summed E-state index contributed by atoms with van der Waals surface area (Å²) in [5.74, 6) is 1.85. The fourth-order valence-corrected chi connectivity index (χ4v) is 3.92. The second-order valence-corrected chi connectivity index (χ2v) is 8.74. The monoisotopic (exact) mass is 360 g/mol. The minimum absolute atomic E-state index is 0.0367. The van der Waals surface area contributed by atoms with E-state index in [1.165, 1.54) is 6.42 Å². The molecule has 1 heterocycles. The third-order valence-electron chi connectivity index (χ3n) is 4.69. The predicted molar refractivity (Wildman–Crippen MR) is 96.7 cm³/mol. The van der Waals surface area contributed by atoms with Gasteiger partial charge in [-0.25, -0.2) is 13.1 Å². The highest BCUT2D eigenvalue weighted by Crippen LogP contribution is 2.25. The Bertz CT molecular complexity index is 499. The molecule has 1 saturated heterocycles. The van der Waals surface area contributed by atoms with Crippen molar-refractivity contribution in [2.75, 3.05) is 52.2 Å². The van der Waals surface area contributed by atoms with Gasteiger partial charge in [0.25, 0.3) is 0 Å². The standard InChI is InChI=1S/C16H32N4O3S/c1-3-17-16(20(2)12-15-7-9-23-13-15)18-8-10-24(21,22)19-11-14-5-4-6-14/h14-15,19H,3-13H2,1-2H3,(H,17,18). The van der Waals surface area contributed by atoms with E-state index in [0.29, 0.717) is 18.4 Å². The van der Waals surface area contributed by atoms with Gasteiger partial charge in [0.2, 0.25) is 10.0 Å². The zero-order chi connectivity index (χ0) is 17.4. The molecule has 1 aliphatic carbocycles. The quantitative estimate of drug-likeness (QED) is 0.466. The van der Waals surface area contributed by atoms with Crippen molar-refractivity contribution in [2.24, 2.45) is 16.8 Å². The lowest BCUT2D eigenvalue weighted by Gasteiger charge is -2.25. The van der Waals surface area contributed by atoms with E-state index in [0.717, 1.165) is 51.5 Å². The molecule has 8 heteroatoms. The average Bonchev–Trinajstić information content (AvgIpc) is 2.97. The maximum absolute atomic E-state index is 12.0. The third kappa shape index (κ3) is 6.57. The summed E-state index contributed by atoms with van der Waals surface area (Å²) in [4.78, 5) is 6.54. The maximum Gasteiger partial charge on any atom is 0.213 e. The van der Waals surface area contributed by atoms with Crippen LogP contribution in [0.25, 0.3) is 0 Å². The minimum atomic E-state index is -3.23. The molecule has 0 amide bonds. The lowest BCUT2D eigenvalue weighted by molar-refractivity contribution is 0.181. The zero-order valence-corrected chi connectivity index (χ0v) is 15.8. The van der Waals surface area contributed by atoms with Crippen molar-refractivity contribution < 1.29 is 13.2 Å². The average molecular weight is 361 g/mol. The van der Waals surface area contributed by atoms with Crippen LogP contribution in [0.15, 0.2) is 4.99 Å². The van der Waals surface area contributed by atoms with Gasteiger partial charge in [-0.15, -0.1) is 0 Å². The number of rotatable bonds is 9. The van der Waals surface area contributed by atoms with Crippen LogP contribution in [0.5, 0.6) is 0 Å². The van der Waals surface area contributed by atoms with Crippen molar-refractivity contribution in [3.05, 3.63) is 0 Å². The Morgan fingerprint density at radius 2 is 2.08 bits per heavy atom. The Balaban J connectivity index is 1.77. The molecular weight excluding hydrogens is 328 g/mol. The Hall–Kier alpha value is -0.860. The lowest BCUT2D eigenvalue weighted by Crippen LogP contribution is -2.42. The number of ether oxygens (including phenoxy) is 1. The number of nitrogens with zero attached hydrogens (tertiary/aromatic N) is 2. The van der Waals surface area contributed by atoms with Crippen LogP contribution >= 0.6 is 0 Å². The summed E-state index contributed by atoms with van der Waals surface area (Å²) in [5.41, 5.74) is 0. The van der Waals surface area contributed by atoms with E-state index in [2.05, 4.69) is 19.9 Å². The molecule has 0 aromatic heterocycles. The summed E-state index contributed by atoms with van der Waals surface area (Å²) in [5, 5.41) is 3.23. The fraction of sp³-hybridized carbons (Fsp3) is 0.938. The minimum Gasteiger partial charge on any atom is -0.381 e. The summed E-state index contributed by atoms with van der Waals surface area (Å²) in [6.07, 6.45) is 4.58. The van der Waals surface area contributed by atoms with Crippen molar-refractivity contribution >= 4 is 16.0 Å². The Morgan fingerprint density at radius 1 is 1.29 bits per heavy atom. The first-order valence-corrected chi connectivity index (χ1v) is 10.7. The SMILES string of the molecule is CCNC(=NCCS(=O)(=O)NCC1CCC1)N(C)CC1CCOC1. The number of aliphatic imine (C=N–C) groups is 1. The van der Waals surface area contributed by atoms with Gasteiger partial charge in [-0.3, -0.25) is 4.99 Å². The molecule has 2 N–H and O–H groups in total. The first-order valence-electron chi connectivity index (χ1n) is 9.04. The highest BCUT2D eigenvalue weighted by Gasteiger charge is 2.21. The maximum atomic E-state index is 12.0. The summed E-state index contributed by atoms with van der Waals surface area (Å²) < 4.78 is 32.2. The van der Waals surface area contributed by atoms with E-state index in [-0.39, 0.29) is 12.3 Å². The number of hydrogen-bond donors (Lipinski definition) is 2. The molecule has 1 saturated carbocycles. The van der Waals surface area contributed by atoms with Crippen molar-refractivity contribution in [2.45, 2.75) is 32.6 Å². The first-order chi connectivity index (χ1) is 11.5. The predicted octanol–water partition coefficient (Wildman–Crippen LogP) is 0.640. The molecule has 7 nitrogen and oxygen atoms in total. The fourth-order valence-electron chi connectivity index (χ4n) is 2.96. The Kier molecular flexibility index (Phi) is 7.77. The second kappa shape index (κ2) is 9.58. The van der Waals surface area contributed by atoms with Crippen LogP contribution in [0.2, 0.25) is 0 Å². The topological polar surface area (TPSA) is 83.0 Å². The number of sulfonamides is 1. The van der Waals surface area contributed by atoms with Gasteiger partial charge in [-0.05, 0) is 32.1 Å². The molecule has 0 aromatic carbocycles. The van der Waals surface area contributed by atoms with Crippen LogP contribution < -0.4 is 10.0 Å². The van der Waals surface area contributed by atoms with Gasteiger partial charge >= 0.3 is 0 Å². The van der Waals surface area contributed by atoms with Crippen LogP contribution in [0.1, 0.15) is 32.6 Å². The zero-order valence-electron chi connectivity index (χ0n) is 15.0. The van der Waals surface area contributed by atoms with Crippen molar-refractivity contribution in [3.8, 4) is 0 Å². The molecule has 0 spiro atoms. The molecule has 1 aliphatic heterocycles. The molecule has 0 bridgehead atoms. The highest BCUT2D eigenvalue weighted by atomic mass is 32.2. The highest BCUT2D eigenvalue weighted by molar-refractivity contribution is 7.89. The summed E-state index contributed by atoms with van der Waals surface area (Å²) in [6.45, 7) is 6.12. The molecule has 1 unspecified atom stereocenters. The third-order valence-corrected chi connectivity index (χ3v) is 6.02. The number of nitrogens with one attached hydrogen (secondary N) is 2. The molecule has 2 aliphatic rings. The van der Waals surface area contributed by atoms with E-state index in [1.807, 2.05) is 14.0 Å². The van der Waals surface area contributed by atoms with Crippen LogP contribution in [0, 0.1) is 11.8 Å². The molecule has 2 fully saturated rings. The van der Waals surface area contributed by atoms with Gasteiger partial charge < -0.3 is 15.0 Å². The van der Waals surface area contributed by atoms with E-state index in [1.54, 1.807) is 0 Å². The molecule has 24 heavy (non-hydrogen) atoms. The Morgan fingerprint density at radius 3 is 2.67 bits per heavy atom. The summed E-state index contributed by atoms with van der Waals surface area (Å²) in [6, 6.07) is 0. The van der Waals surface area contributed by atoms with Gasteiger partial charge in [0.05, 0.1) is 18.9 Å². The van der Waals surface area contributed by atoms with Gasteiger partial charge in [-0.1, -0.05) is 6.42 Å². The van der Waals surface area contributed by atoms with Crippen LogP contribution in [-0.4, -0.2) is 71.5 Å². The van der Waals surface area contributed by atoms with Crippen molar-refractivity contribution in [1.29, 1.82) is 0 Å². The van der Waals surface area contributed by atoms with Gasteiger partial charge in [0.15, 0.2) is 5.96 Å². The normalized spacial score (nSPS) is 22.4. The molecule has 1 atom stereocenters. The number of hydrogen-bond acceptors (Lipinski definition) is 4. The first kappa shape index (κ1) is 19.5. The number of guanidine groups is 1. The van der Waals surface area contributed by atoms with E-state index >= 15 is 0 Å². The van der Waals surface area contributed by atoms with E-state index in [4.69, 9.17) is 4.74 Å². The summed E-state index contributed by atoms with van der Waals surface area (Å²) >= 11 is 0. The van der Waals surface area contributed by atoms with Crippen molar-refractivity contribution in [1.82, 2.24) is 14.9 Å². The second-order valence-electron chi connectivity index (χ2n) is 6.81. The van der Waals surface area contributed by atoms with Crippen LogP contribution in [-0.2, 0) is 14.8 Å². The molecule has 0 radical (unpaired) electrons. The van der Waals surface area contributed by atoms with E-state index < -0.39 is 10.0 Å². The van der Waals surface area contributed by atoms with Gasteiger partial charge in [0.1, 0.15) is 0 Å². The molecule has 2 rings (SSSR count). The largest absolute Gasteiger partial charge is 0.381 e. The Labute approximate surface area is 146 Å². The lowest BCUT2D eigenvalue weighted by atomic mass is 9.86. The van der Waals surface area contributed by atoms with Gasteiger partial charge in [-0.2, -0.15) is 0 Å². The molecule has 0 aromatic rings.